The maximum atomic E-state index is 13.3. The molecule has 0 aliphatic rings. The van der Waals surface area contributed by atoms with E-state index in [0.29, 0.717) is 22.3 Å². The number of amides is 2. The lowest BCUT2D eigenvalue weighted by molar-refractivity contribution is -0.122. The predicted molar refractivity (Wildman–Crippen MR) is 165 cm³/mol. The second-order valence-electron chi connectivity index (χ2n) is 12.2. The van der Waals surface area contributed by atoms with E-state index in [4.69, 9.17) is 9.16 Å². The van der Waals surface area contributed by atoms with E-state index in [0.717, 1.165) is 16.9 Å². The zero-order valence-corrected chi connectivity index (χ0v) is 26.6. The number of rotatable bonds is 12. The van der Waals surface area contributed by atoms with Crippen molar-refractivity contribution in [2.45, 2.75) is 97.0 Å². The van der Waals surface area contributed by atoms with Crippen molar-refractivity contribution < 1.29 is 23.9 Å². The smallest absolute Gasteiger partial charge is 0.408 e. The third-order valence-electron chi connectivity index (χ3n) is 6.97. The van der Waals surface area contributed by atoms with Crippen LogP contribution in [-0.2, 0) is 16.0 Å². The topological polar surface area (TPSA) is 96.9 Å². The number of nitrogens with one attached hydrogen (secondary N) is 2. The Kier molecular flexibility index (Phi) is 12.0. The molecule has 2 rings (SSSR count). The lowest BCUT2D eigenvalue weighted by atomic mass is 10.1. The number of carbonyl (C=O) groups is 2. The molecular weight excluding hydrogens is 520 g/mol. The van der Waals surface area contributed by atoms with Crippen LogP contribution in [0.2, 0.25) is 16.6 Å². The fourth-order valence-electron chi connectivity index (χ4n) is 5.27. The number of alkyl carbamates (subject to hydrolysis) is 1. The molecule has 2 aromatic carbocycles. The molecule has 2 amide bonds. The molecule has 7 nitrogen and oxygen atoms in total. The first-order valence-electron chi connectivity index (χ1n) is 14.1. The standard InChI is InChI=1S/C32H48N2O5Si/c1-22(2)40(23(3)4,24(5)6)39-28-17-15-26(16-18-28)19-27(21-35)33-30(36)29(20-25-13-11-10-12-14-25)34-31(37)38-32(7,8)9/h10-19,22-24,29,35H,20-21H2,1-9H3,(H,33,36)(H,34,37)/b27-19-/t29-/m1/s1. The summed E-state index contributed by atoms with van der Waals surface area (Å²) in [4.78, 5) is 25.7. The monoisotopic (exact) mass is 568 g/mol. The van der Waals surface area contributed by atoms with Gasteiger partial charge in [0.2, 0.25) is 5.91 Å². The number of ether oxygens (including phenoxy) is 1. The molecule has 0 unspecified atom stereocenters. The van der Waals surface area contributed by atoms with Gasteiger partial charge in [0.15, 0.2) is 0 Å². The Balaban J connectivity index is 2.22. The van der Waals surface area contributed by atoms with Gasteiger partial charge in [-0.05, 0) is 66.7 Å². The largest absolute Gasteiger partial charge is 0.543 e. The summed E-state index contributed by atoms with van der Waals surface area (Å²) >= 11 is 0. The maximum absolute atomic E-state index is 13.3. The molecule has 0 radical (unpaired) electrons. The van der Waals surface area contributed by atoms with E-state index in [2.05, 4.69) is 52.2 Å². The zero-order valence-electron chi connectivity index (χ0n) is 25.6. The van der Waals surface area contributed by atoms with Crippen molar-refractivity contribution in [3.8, 4) is 5.75 Å². The summed E-state index contributed by atoms with van der Waals surface area (Å²) in [5.41, 5.74) is 2.68. The summed E-state index contributed by atoms with van der Waals surface area (Å²) in [5, 5.41) is 15.5. The highest BCUT2D eigenvalue weighted by molar-refractivity contribution is 6.78. The Labute approximate surface area is 241 Å². The van der Waals surface area contributed by atoms with E-state index >= 15 is 0 Å². The van der Waals surface area contributed by atoms with Gasteiger partial charge in [-0.1, -0.05) is 84.0 Å². The van der Waals surface area contributed by atoms with Crippen LogP contribution in [0.3, 0.4) is 0 Å². The van der Waals surface area contributed by atoms with Gasteiger partial charge in [-0.25, -0.2) is 4.79 Å². The molecule has 0 bridgehead atoms. The van der Waals surface area contributed by atoms with Gasteiger partial charge in [0.05, 0.1) is 6.61 Å². The van der Waals surface area contributed by atoms with Gasteiger partial charge in [0, 0.05) is 12.1 Å². The summed E-state index contributed by atoms with van der Waals surface area (Å²) < 4.78 is 12.1. The summed E-state index contributed by atoms with van der Waals surface area (Å²) in [6.45, 7) is 18.4. The van der Waals surface area contributed by atoms with Crippen LogP contribution in [0.1, 0.15) is 73.4 Å². The number of aliphatic hydroxyl groups is 1. The maximum Gasteiger partial charge on any atom is 0.408 e. The average Bonchev–Trinajstić information content (AvgIpc) is 2.86. The SMILES string of the molecule is CC(C)[Si](Oc1ccc(/C=C(/CO)NC(=O)[C@@H](Cc2ccccc2)NC(=O)OC(C)(C)C)cc1)(C(C)C)C(C)C. The molecule has 0 aromatic heterocycles. The van der Waals surface area contributed by atoms with Crippen LogP contribution >= 0.6 is 0 Å². The highest BCUT2D eigenvalue weighted by Crippen LogP contribution is 2.42. The molecule has 40 heavy (non-hydrogen) atoms. The molecule has 0 heterocycles. The number of hydrogen-bond acceptors (Lipinski definition) is 5. The molecule has 1 atom stereocenters. The molecule has 220 valence electrons. The number of aliphatic hydroxyl groups excluding tert-OH is 1. The first-order valence-corrected chi connectivity index (χ1v) is 16.3. The Morgan fingerprint density at radius 2 is 1.45 bits per heavy atom. The van der Waals surface area contributed by atoms with E-state index in [1.54, 1.807) is 26.8 Å². The third kappa shape index (κ3) is 9.52. The van der Waals surface area contributed by atoms with Crippen molar-refractivity contribution in [3.05, 3.63) is 71.4 Å². The van der Waals surface area contributed by atoms with Crippen molar-refractivity contribution in [1.82, 2.24) is 10.6 Å². The van der Waals surface area contributed by atoms with E-state index < -0.39 is 32.0 Å². The number of carbonyl (C=O) groups excluding carboxylic acids is 2. The first-order chi connectivity index (χ1) is 18.7. The molecule has 2 aromatic rings. The molecule has 0 saturated heterocycles. The van der Waals surface area contributed by atoms with Crippen LogP contribution in [-0.4, -0.2) is 43.7 Å². The summed E-state index contributed by atoms with van der Waals surface area (Å²) in [5.74, 6) is 0.385. The van der Waals surface area contributed by atoms with Gasteiger partial charge in [0.25, 0.3) is 8.32 Å². The lowest BCUT2D eigenvalue weighted by Crippen LogP contribution is -2.50. The van der Waals surface area contributed by atoms with Crippen molar-refractivity contribution in [2.75, 3.05) is 6.61 Å². The van der Waals surface area contributed by atoms with Crippen LogP contribution in [0.4, 0.5) is 4.79 Å². The van der Waals surface area contributed by atoms with E-state index in [9.17, 15) is 14.7 Å². The van der Waals surface area contributed by atoms with Crippen LogP contribution in [0.25, 0.3) is 6.08 Å². The summed E-state index contributed by atoms with van der Waals surface area (Å²) in [6.07, 6.45) is 1.30. The van der Waals surface area contributed by atoms with Gasteiger partial charge < -0.3 is 24.9 Å². The quantitative estimate of drug-likeness (QED) is 0.244. The molecular formula is C32H48N2O5Si. The summed E-state index contributed by atoms with van der Waals surface area (Å²) in [7, 11) is -2.08. The van der Waals surface area contributed by atoms with Crippen molar-refractivity contribution in [2.24, 2.45) is 0 Å². The molecule has 0 spiro atoms. The van der Waals surface area contributed by atoms with Crippen LogP contribution < -0.4 is 15.1 Å². The van der Waals surface area contributed by atoms with Gasteiger partial charge >= 0.3 is 6.09 Å². The number of hydrogen-bond donors (Lipinski definition) is 3. The molecule has 0 saturated carbocycles. The first kappa shape index (κ1) is 33.1. The second kappa shape index (κ2) is 14.5. The Bertz CT molecular complexity index is 1100. The predicted octanol–water partition coefficient (Wildman–Crippen LogP) is 6.83. The minimum Gasteiger partial charge on any atom is -0.543 e. The minimum absolute atomic E-state index is 0.268. The molecule has 8 heteroatoms. The highest BCUT2D eigenvalue weighted by Gasteiger charge is 2.46. The highest BCUT2D eigenvalue weighted by atomic mass is 28.4. The molecule has 0 aliphatic heterocycles. The third-order valence-corrected chi connectivity index (χ3v) is 13.0. The molecule has 0 aliphatic carbocycles. The van der Waals surface area contributed by atoms with Crippen molar-refractivity contribution in [3.63, 3.8) is 0 Å². The van der Waals surface area contributed by atoms with E-state index in [1.165, 1.54) is 0 Å². The Hall–Kier alpha value is -3.10. The normalized spacial score (nSPS) is 13.4. The van der Waals surface area contributed by atoms with Crippen molar-refractivity contribution in [1.29, 1.82) is 0 Å². The van der Waals surface area contributed by atoms with E-state index in [-0.39, 0.29) is 13.0 Å². The average molecular weight is 569 g/mol. The van der Waals surface area contributed by atoms with Gasteiger partial charge in [0.1, 0.15) is 17.4 Å². The molecule has 0 fully saturated rings. The Morgan fingerprint density at radius 3 is 1.93 bits per heavy atom. The van der Waals surface area contributed by atoms with Gasteiger partial charge in [-0.2, -0.15) is 0 Å². The second-order valence-corrected chi connectivity index (χ2v) is 17.6. The van der Waals surface area contributed by atoms with E-state index in [1.807, 2.05) is 54.6 Å². The lowest BCUT2D eigenvalue weighted by Gasteiger charge is -2.42. The number of benzene rings is 2. The minimum atomic E-state index is -2.08. The fourth-order valence-corrected chi connectivity index (χ4v) is 10.5. The molecule has 3 N–H and O–H groups in total. The van der Waals surface area contributed by atoms with Crippen LogP contribution in [0.5, 0.6) is 5.75 Å². The van der Waals surface area contributed by atoms with Crippen LogP contribution in [0.15, 0.2) is 60.3 Å². The Morgan fingerprint density at radius 1 is 0.900 bits per heavy atom. The summed E-state index contributed by atoms with van der Waals surface area (Å²) in [6, 6.07) is 16.2. The fraction of sp³-hybridized carbons (Fsp3) is 0.500. The van der Waals surface area contributed by atoms with Crippen molar-refractivity contribution >= 4 is 26.4 Å². The van der Waals surface area contributed by atoms with Crippen LogP contribution in [0, 0.1) is 0 Å². The zero-order chi connectivity index (χ0) is 30.1. The van der Waals surface area contributed by atoms with Gasteiger partial charge in [-0.15, -0.1) is 0 Å². The van der Waals surface area contributed by atoms with Gasteiger partial charge in [-0.3, -0.25) is 4.79 Å².